The van der Waals surface area contributed by atoms with E-state index < -0.39 is 0 Å². The Hall–Kier alpha value is -2.15. The minimum absolute atomic E-state index is 0.0134. The topological polar surface area (TPSA) is 91.5 Å². The van der Waals surface area contributed by atoms with E-state index in [1.54, 1.807) is 0 Å². The molecule has 2 rings (SSSR count). The molecule has 7 nitrogen and oxygen atoms in total. The minimum Gasteiger partial charge on any atom is -0.396 e. The smallest absolute Gasteiger partial charge is 0.315 e. The van der Waals surface area contributed by atoms with Crippen molar-refractivity contribution in [1.82, 2.24) is 25.2 Å². The lowest BCUT2D eigenvalue weighted by Crippen LogP contribution is -2.42. The van der Waals surface area contributed by atoms with Gasteiger partial charge in [-0.3, -0.25) is 4.40 Å². The molecule has 2 unspecified atom stereocenters. The number of nitrogens with one attached hydrogen (secondary N) is 2. The normalized spacial score (nSPS) is 13.9. The highest BCUT2D eigenvalue weighted by molar-refractivity contribution is 5.74. The average molecular weight is 291 g/mol. The van der Waals surface area contributed by atoms with Crippen LogP contribution >= 0.6 is 0 Å². The Labute approximate surface area is 123 Å². The molecular weight excluding hydrogens is 270 g/mol. The molecule has 2 heterocycles. The summed E-state index contributed by atoms with van der Waals surface area (Å²) in [5, 5.41) is 22.6. The van der Waals surface area contributed by atoms with Gasteiger partial charge in [0.2, 0.25) is 0 Å². The van der Waals surface area contributed by atoms with Crippen LogP contribution in [-0.2, 0) is 0 Å². The number of aliphatic hydroxyl groups is 1. The second-order valence-electron chi connectivity index (χ2n) is 5.09. The molecule has 7 heteroatoms. The monoisotopic (exact) mass is 291 g/mol. The molecule has 0 saturated heterocycles. The van der Waals surface area contributed by atoms with E-state index in [0.717, 1.165) is 12.1 Å². The number of urea groups is 1. The summed E-state index contributed by atoms with van der Waals surface area (Å²) in [5.41, 5.74) is 0.748. The Morgan fingerprint density at radius 2 is 2.14 bits per heavy atom. The van der Waals surface area contributed by atoms with Gasteiger partial charge in [-0.2, -0.15) is 0 Å². The van der Waals surface area contributed by atoms with Crippen molar-refractivity contribution in [3.05, 3.63) is 30.2 Å². The van der Waals surface area contributed by atoms with Crippen LogP contribution in [0.3, 0.4) is 0 Å². The summed E-state index contributed by atoms with van der Waals surface area (Å²) in [7, 11) is 0. The molecule has 0 aliphatic heterocycles. The Kier molecular flexibility index (Phi) is 5.10. The maximum Gasteiger partial charge on any atom is 0.315 e. The van der Waals surface area contributed by atoms with E-state index in [9.17, 15) is 4.79 Å². The molecule has 114 valence electrons. The van der Waals surface area contributed by atoms with Crippen LogP contribution in [0.25, 0.3) is 5.65 Å². The molecule has 0 aliphatic carbocycles. The van der Waals surface area contributed by atoms with Crippen molar-refractivity contribution in [3.63, 3.8) is 0 Å². The van der Waals surface area contributed by atoms with Gasteiger partial charge >= 0.3 is 6.03 Å². The van der Waals surface area contributed by atoms with Gasteiger partial charge in [0.15, 0.2) is 11.5 Å². The van der Waals surface area contributed by atoms with Crippen molar-refractivity contribution in [1.29, 1.82) is 0 Å². The molecule has 0 aliphatic rings. The summed E-state index contributed by atoms with van der Waals surface area (Å²) in [5.74, 6) is 0.684. The predicted octanol–water partition coefficient (Wildman–Crippen LogP) is 1.25. The number of nitrogens with zero attached hydrogens (tertiary/aromatic N) is 3. The third-order valence-corrected chi connectivity index (χ3v) is 3.25. The first-order chi connectivity index (χ1) is 10.1. The van der Waals surface area contributed by atoms with Crippen LogP contribution in [0, 0.1) is 0 Å². The van der Waals surface area contributed by atoms with E-state index in [1.165, 1.54) is 0 Å². The fraction of sp³-hybridized carbons (Fsp3) is 0.500. The molecular formula is C14H21N5O2. The molecule has 2 amide bonds. The molecule has 0 spiro atoms. The van der Waals surface area contributed by atoms with Crippen LogP contribution in [0.2, 0.25) is 0 Å². The number of amides is 2. The fourth-order valence-electron chi connectivity index (χ4n) is 2.15. The molecule has 21 heavy (non-hydrogen) atoms. The van der Waals surface area contributed by atoms with Crippen molar-refractivity contribution < 1.29 is 9.90 Å². The molecule has 0 fully saturated rings. The first-order valence-corrected chi connectivity index (χ1v) is 7.09. The number of carbonyl (C=O) groups excluding carboxylic acids is 1. The van der Waals surface area contributed by atoms with E-state index in [2.05, 4.69) is 20.8 Å². The maximum atomic E-state index is 11.9. The van der Waals surface area contributed by atoms with E-state index >= 15 is 0 Å². The second kappa shape index (κ2) is 7.03. The first kappa shape index (κ1) is 15.2. The predicted molar refractivity (Wildman–Crippen MR) is 78.9 cm³/mol. The number of aromatic nitrogens is 3. The quantitative estimate of drug-likeness (QED) is 0.747. The third kappa shape index (κ3) is 3.91. The summed E-state index contributed by atoms with van der Waals surface area (Å²) in [6.07, 6.45) is 3.28. The molecule has 0 radical (unpaired) electrons. The van der Waals surface area contributed by atoms with E-state index in [4.69, 9.17) is 5.11 Å². The van der Waals surface area contributed by atoms with Gasteiger partial charge in [-0.25, -0.2) is 4.79 Å². The molecule has 2 aromatic rings. The van der Waals surface area contributed by atoms with Crippen LogP contribution in [-0.4, -0.2) is 38.4 Å². The van der Waals surface area contributed by atoms with Crippen molar-refractivity contribution >= 4 is 11.7 Å². The zero-order valence-corrected chi connectivity index (χ0v) is 12.3. The van der Waals surface area contributed by atoms with E-state index in [1.807, 2.05) is 42.6 Å². The number of pyridine rings is 1. The highest BCUT2D eigenvalue weighted by Crippen LogP contribution is 2.11. The van der Waals surface area contributed by atoms with E-state index in [-0.39, 0.29) is 24.7 Å². The van der Waals surface area contributed by atoms with Crippen molar-refractivity contribution in [2.45, 2.75) is 38.8 Å². The van der Waals surface area contributed by atoms with Crippen LogP contribution in [0.1, 0.15) is 38.6 Å². The van der Waals surface area contributed by atoms with Crippen molar-refractivity contribution in [3.8, 4) is 0 Å². The number of hydrogen-bond acceptors (Lipinski definition) is 4. The lowest BCUT2D eigenvalue weighted by molar-refractivity contribution is 0.231. The van der Waals surface area contributed by atoms with Gasteiger partial charge < -0.3 is 15.7 Å². The van der Waals surface area contributed by atoms with E-state index in [0.29, 0.717) is 12.2 Å². The van der Waals surface area contributed by atoms with Crippen LogP contribution in [0.4, 0.5) is 4.79 Å². The van der Waals surface area contributed by atoms with Crippen LogP contribution in [0.5, 0.6) is 0 Å². The van der Waals surface area contributed by atoms with Gasteiger partial charge in [0, 0.05) is 18.8 Å². The highest BCUT2D eigenvalue weighted by Gasteiger charge is 2.16. The lowest BCUT2D eigenvalue weighted by atomic mass is 10.2. The standard InChI is InChI=1S/C14H21N5O2/c1-10(6-5-9-20)15-14(21)16-11(2)13-18-17-12-7-3-4-8-19(12)13/h3-4,7-8,10-11,20H,5-6,9H2,1-2H3,(H2,15,16,21). The maximum absolute atomic E-state index is 11.9. The number of aliphatic hydroxyl groups excluding tert-OH is 1. The zero-order chi connectivity index (χ0) is 15.2. The molecule has 0 bridgehead atoms. The van der Waals surface area contributed by atoms with Crippen molar-refractivity contribution in [2.75, 3.05) is 6.61 Å². The highest BCUT2D eigenvalue weighted by atomic mass is 16.3. The Bertz CT molecular complexity index is 598. The van der Waals surface area contributed by atoms with Crippen LogP contribution in [0.15, 0.2) is 24.4 Å². The Morgan fingerprint density at radius 3 is 2.90 bits per heavy atom. The van der Waals surface area contributed by atoms with Gasteiger partial charge in [0.1, 0.15) is 0 Å². The second-order valence-corrected chi connectivity index (χ2v) is 5.09. The molecule has 0 saturated carbocycles. The summed E-state index contributed by atoms with van der Waals surface area (Å²) < 4.78 is 1.85. The van der Waals surface area contributed by atoms with Crippen LogP contribution < -0.4 is 10.6 Å². The molecule has 2 atom stereocenters. The molecule has 0 aromatic carbocycles. The largest absolute Gasteiger partial charge is 0.396 e. The Balaban J connectivity index is 1.94. The first-order valence-electron chi connectivity index (χ1n) is 7.09. The third-order valence-electron chi connectivity index (χ3n) is 3.25. The SMILES string of the molecule is CC(CCCO)NC(=O)NC(C)c1nnc2ccccn12. The zero-order valence-electron chi connectivity index (χ0n) is 12.3. The number of rotatable bonds is 6. The van der Waals surface area contributed by atoms with Gasteiger partial charge in [0.05, 0.1) is 6.04 Å². The molecule has 2 aromatic heterocycles. The minimum atomic E-state index is -0.257. The molecule has 3 N–H and O–H groups in total. The average Bonchev–Trinajstić information content (AvgIpc) is 2.88. The van der Waals surface area contributed by atoms with Gasteiger partial charge in [-0.1, -0.05) is 6.07 Å². The number of hydrogen-bond donors (Lipinski definition) is 3. The van der Waals surface area contributed by atoms with Gasteiger partial charge in [0.25, 0.3) is 0 Å². The number of fused-ring (bicyclic) bond motifs is 1. The van der Waals surface area contributed by atoms with Crippen molar-refractivity contribution in [2.24, 2.45) is 0 Å². The summed E-state index contributed by atoms with van der Waals surface area (Å²) >= 11 is 0. The summed E-state index contributed by atoms with van der Waals surface area (Å²) in [6.45, 7) is 3.91. The Morgan fingerprint density at radius 1 is 1.33 bits per heavy atom. The van der Waals surface area contributed by atoms with Gasteiger partial charge in [-0.15, -0.1) is 10.2 Å². The summed E-state index contributed by atoms with van der Waals surface area (Å²) in [6, 6.07) is 5.15. The lowest BCUT2D eigenvalue weighted by Gasteiger charge is -2.17. The van der Waals surface area contributed by atoms with Gasteiger partial charge in [-0.05, 0) is 38.8 Å². The number of carbonyl (C=O) groups is 1. The fourth-order valence-corrected chi connectivity index (χ4v) is 2.15. The summed E-state index contributed by atoms with van der Waals surface area (Å²) in [4.78, 5) is 11.9.